The van der Waals surface area contributed by atoms with E-state index >= 15 is 0 Å². The van der Waals surface area contributed by atoms with Gasteiger partial charge in [0.15, 0.2) is 0 Å². The van der Waals surface area contributed by atoms with Gasteiger partial charge in [-0.1, -0.05) is 19.1 Å². The van der Waals surface area contributed by atoms with Crippen molar-refractivity contribution in [2.45, 2.75) is 46.1 Å². The first-order chi connectivity index (χ1) is 9.65. The van der Waals surface area contributed by atoms with Crippen LogP contribution in [-0.4, -0.2) is 36.5 Å². The van der Waals surface area contributed by atoms with E-state index in [1.165, 1.54) is 5.56 Å². The monoisotopic (exact) mass is 274 g/mol. The number of hydrogen-bond donors (Lipinski definition) is 1. The molecule has 1 N–H and O–H groups in total. The Labute approximate surface area is 122 Å². The summed E-state index contributed by atoms with van der Waals surface area (Å²) in [7, 11) is 0. The van der Waals surface area contributed by atoms with E-state index in [0.29, 0.717) is 6.04 Å². The molecule has 1 amide bonds. The molecule has 0 saturated carbocycles. The van der Waals surface area contributed by atoms with Crippen LogP contribution in [0.4, 0.5) is 0 Å². The van der Waals surface area contributed by atoms with Gasteiger partial charge in [-0.2, -0.15) is 0 Å². The maximum atomic E-state index is 12.9. The molecule has 1 saturated heterocycles. The standard InChI is InChI=1S/C17H26N2O/c1-4-11-19(15-8-6-10-18-12-15)17(20)16-9-5-7-13(2)14(16)3/h5,7,9,15,18H,4,6,8,10-12H2,1-3H3. The van der Waals surface area contributed by atoms with Gasteiger partial charge in [-0.25, -0.2) is 0 Å². The molecule has 0 radical (unpaired) electrons. The van der Waals surface area contributed by atoms with Gasteiger partial charge in [0.1, 0.15) is 0 Å². The van der Waals surface area contributed by atoms with Gasteiger partial charge in [0.25, 0.3) is 5.91 Å². The minimum absolute atomic E-state index is 0.196. The molecule has 1 aliphatic rings. The first kappa shape index (κ1) is 15.0. The summed E-state index contributed by atoms with van der Waals surface area (Å²) in [6, 6.07) is 6.36. The van der Waals surface area contributed by atoms with Crippen LogP contribution in [0.5, 0.6) is 0 Å². The molecule has 0 aromatic heterocycles. The molecular weight excluding hydrogens is 248 g/mol. The Balaban J connectivity index is 2.23. The van der Waals surface area contributed by atoms with Gasteiger partial charge in [0.05, 0.1) is 0 Å². The van der Waals surface area contributed by atoms with Crippen molar-refractivity contribution in [3.05, 3.63) is 34.9 Å². The van der Waals surface area contributed by atoms with Crippen molar-refractivity contribution in [2.75, 3.05) is 19.6 Å². The summed E-state index contributed by atoms with van der Waals surface area (Å²) >= 11 is 0. The zero-order chi connectivity index (χ0) is 14.5. The van der Waals surface area contributed by atoms with Crippen LogP contribution in [0.1, 0.15) is 47.7 Å². The fraction of sp³-hybridized carbons (Fsp3) is 0.588. The minimum atomic E-state index is 0.196. The maximum Gasteiger partial charge on any atom is 0.254 e. The molecule has 0 bridgehead atoms. The molecule has 1 aromatic carbocycles. The summed E-state index contributed by atoms with van der Waals surface area (Å²) in [5.41, 5.74) is 3.17. The van der Waals surface area contributed by atoms with Crippen molar-refractivity contribution in [2.24, 2.45) is 0 Å². The highest BCUT2D eigenvalue weighted by Crippen LogP contribution is 2.19. The molecule has 1 heterocycles. The lowest BCUT2D eigenvalue weighted by Gasteiger charge is -2.35. The second-order valence-electron chi connectivity index (χ2n) is 5.75. The van der Waals surface area contributed by atoms with Crippen molar-refractivity contribution in [3.8, 4) is 0 Å². The predicted molar refractivity (Wildman–Crippen MR) is 83.1 cm³/mol. The van der Waals surface area contributed by atoms with Crippen molar-refractivity contribution in [1.82, 2.24) is 10.2 Å². The van der Waals surface area contributed by atoms with E-state index in [1.807, 2.05) is 19.1 Å². The van der Waals surface area contributed by atoms with E-state index in [-0.39, 0.29) is 5.91 Å². The number of nitrogens with zero attached hydrogens (tertiary/aromatic N) is 1. The Bertz CT molecular complexity index is 464. The Morgan fingerprint density at radius 3 is 2.85 bits per heavy atom. The number of carbonyl (C=O) groups is 1. The molecule has 1 fully saturated rings. The summed E-state index contributed by atoms with van der Waals surface area (Å²) in [6.45, 7) is 9.10. The quantitative estimate of drug-likeness (QED) is 0.915. The third-order valence-electron chi connectivity index (χ3n) is 4.27. The Morgan fingerprint density at radius 1 is 1.40 bits per heavy atom. The van der Waals surface area contributed by atoms with Crippen LogP contribution in [0.3, 0.4) is 0 Å². The number of piperidine rings is 1. The molecule has 110 valence electrons. The van der Waals surface area contributed by atoms with Crippen LogP contribution < -0.4 is 5.32 Å². The normalized spacial score (nSPS) is 18.9. The van der Waals surface area contributed by atoms with E-state index in [4.69, 9.17) is 0 Å². The minimum Gasteiger partial charge on any atom is -0.334 e. The molecule has 0 aliphatic carbocycles. The molecule has 3 nitrogen and oxygen atoms in total. The number of carbonyl (C=O) groups excluding carboxylic acids is 1. The van der Waals surface area contributed by atoms with Crippen LogP contribution in [0.2, 0.25) is 0 Å². The highest BCUT2D eigenvalue weighted by Gasteiger charge is 2.26. The van der Waals surface area contributed by atoms with Gasteiger partial charge >= 0.3 is 0 Å². The molecule has 1 aliphatic heterocycles. The van der Waals surface area contributed by atoms with E-state index in [0.717, 1.165) is 50.0 Å². The van der Waals surface area contributed by atoms with Crippen LogP contribution in [-0.2, 0) is 0 Å². The molecule has 1 unspecified atom stereocenters. The largest absolute Gasteiger partial charge is 0.334 e. The van der Waals surface area contributed by atoms with Gasteiger partial charge in [0, 0.05) is 24.7 Å². The van der Waals surface area contributed by atoms with Crippen molar-refractivity contribution >= 4 is 5.91 Å². The van der Waals surface area contributed by atoms with Gasteiger partial charge in [-0.15, -0.1) is 0 Å². The molecule has 1 aromatic rings. The van der Waals surface area contributed by atoms with Gasteiger partial charge in [-0.05, 0) is 56.8 Å². The zero-order valence-electron chi connectivity index (χ0n) is 12.9. The highest BCUT2D eigenvalue weighted by atomic mass is 16.2. The van der Waals surface area contributed by atoms with Gasteiger partial charge in [0.2, 0.25) is 0 Å². The molecule has 3 heteroatoms. The number of benzene rings is 1. The molecule has 1 atom stereocenters. The van der Waals surface area contributed by atoms with E-state index in [1.54, 1.807) is 0 Å². The topological polar surface area (TPSA) is 32.3 Å². The Kier molecular flexibility index (Phi) is 5.18. The lowest BCUT2D eigenvalue weighted by molar-refractivity contribution is 0.0648. The summed E-state index contributed by atoms with van der Waals surface area (Å²) < 4.78 is 0. The van der Waals surface area contributed by atoms with E-state index in [9.17, 15) is 4.79 Å². The van der Waals surface area contributed by atoms with Crippen molar-refractivity contribution < 1.29 is 4.79 Å². The van der Waals surface area contributed by atoms with Crippen LogP contribution >= 0.6 is 0 Å². The average Bonchev–Trinajstić information content (AvgIpc) is 2.48. The van der Waals surface area contributed by atoms with Crippen molar-refractivity contribution in [3.63, 3.8) is 0 Å². The smallest absolute Gasteiger partial charge is 0.254 e. The van der Waals surface area contributed by atoms with Gasteiger partial charge < -0.3 is 10.2 Å². The molecule has 2 rings (SSSR count). The summed E-state index contributed by atoms with van der Waals surface area (Å²) in [6.07, 6.45) is 3.28. The molecule has 20 heavy (non-hydrogen) atoms. The zero-order valence-corrected chi connectivity index (χ0v) is 12.9. The molecule has 0 spiro atoms. The number of hydrogen-bond acceptors (Lipinski definition) is 2. The third kappa shape index (κ3) is 3.21. The number of rotatable bonds is 4. The Morgan fingerprint density at radius 2 is 2.20 bits per heavy atom. The lowest BCUT2D eigenvalue weighted by atomic mass is 10.00. The van der Waals surface area contributed by atoms with Crippen LogP contribution in [0, 0.1) is 13.8 Å². The number of nitrogens with one attached hydrogen (secondary N) is 1. The van der Waals surface area contributed by atoms with E-state index < -0.39 is 0 Å². The average molecular weight is 274 g/mol. The third-order valence-corrected chi connectivity index (χ3v) is 4.27. The maximum absolute atomic E-state index is 12.9. The lowest BCUT2D eigenvalue weighted by Crippen LogP contribution is -2.49. The van der Waals surface area contributed by atoms with Crippen LogP contribution in [0.15, 0.2) is 18.2 Å². The Hall–Kier alpha value is -1.35. The summed E-state index contributed by atoms with van der Waals surface area (Å²) in [4.78, 5) is 15.0. The van der Waals surface area contributed by atoms with E-state index in [2.05, 4.69) is 30.1 Å². The second kappa shape index (κ2) is 6.89. The highest BCUT2D eigenvalue weighted by molar-refractivity contribution is 5.96. The van der Waals surface area contributed by atoms with Crippen LogP contribution in [0.25, 0.3) is 0 Å². The number of aryl methyl sites for hydroxylation is 1. The van der Waals surface area contributed by atoms with Gasteiger partial charge in [-0.3, -0.25) is 4.79 Å². The fourth-order valence-electron chi connectivity index (χ4n) is 2.93. The SMILES string of the molecule is CCCN(C(=O)c1cccc(C)c1C)C1CCCNC1. The summed E-state index contributed by atoms with van der Waals surface area (Å²) in [5.74, 6) is 0.196. The number of amides is 1. The second-order valence-corrected chi connectivity index (χ2v) is 5.75. The first-order valence-corrected chi connectivity index (χ1v) is 7.73. The predicted octanol–water partition coefficient (Wildman–Crippen LogP) is 2.91. The van der Waals surface area contributed by atoms with Crippen molar-refractivity contribution in [1.29, 1.82) is 0 Å². The first-order valence-electron chi connectivity index (χ1n) is 7.73. The summed E-state index contributed by atoms with van der Waals surface area (Å²) in [5, 5.41) is 3.41. The molecular formula is C17H26N2O. The fourth-order valence-corrected chi connectivity index (χ4v) is 2.93.